The average molecular weight is 676 g/mol. The topological polar surface area (TPSA) is 134 Å². The number of esters is 2. The van der Waals surface area contributed by atoms with Gasteiger partial charge in [0.05, 0.1) is 13.2 Å². The molecule has 0 aliphatic heterocycles. The molecule has 272 valence electrons. The minimum Gasteiger partial charge on any atom is -0.462 e. The molecule has 0 bridgehead atoms. The lowest BCUT2D eigenvalue weighted by molar-refractivity contribution is -0.161. The van der Waals surface area contributed by atoms with Gasteiger partial charge in [-0.15, -0.1) is 0 Å². The molecule has 0 aliphatic carbocycles. The molecule has 10 heteroatoms. The van der Waals surface area contributed by atoms with E-state index in [-0.39, 0.29) is 38.6 Å². The van der Waals surface area contributed by atoms with Crippen molar-refractivity contribution in [2.45, 2.75) is 180 Å². The third-order valence-corrected chi connectivity index (χ3v) is 8.89. The standard InChI is InChI=1S/C36H70NO8P/c1-3-5-7-9-11-13-15-17-19-21-23-25-27-29-36(39)45-34(33-44-46(40,41)43-31-30-37)32-42-35(38)28-26-24-22-20-18-16-14-12-10-8-6-4-2/h12,14,34H,3-11,13,15-33,37H2,1-2H3,(H,40,41)/b14-12+/t34-/m1/s1. The monoisotopic (exact) mass is 675 g/mol. The first-order valence-corrected chi connectivity index (χ1v) is 20.2. The van der Waals surface area contributed by atoms with E-state index in [1.807, 2.05) is 0 Å². The predicted octanol–water partition coefficient (Wildman–Crippen LogP) is 9.88. The van der Waals surface area contributed by atoms with Crippen LogP contribution in [0, 0.1) is 0 Å². The number of phosphoric acid groups is 1. The van der Waals surface area contributed by atoms with Crippen molar-refractivity contribution in [2.75, 3.05) is 26.4 Å². The van der Waals surface area contributed by atoms with Gasteiger partial charge in [-0.2, -0.15) is 0 Å². The molecular formula is C36H70NO8P. The van der Waals surface area contributed by atoms with Crippen molar-refractivity contribution < 1.29 is 37.6 Å². The first-order valence-electron chi connectivity index (χ1n) is 18.7. The smallest absolute Gasteiger partial charge is 0.462 e. The van der Waals surface area contributed by atoms with Crippen LogP contribution >= 0.6 is 7.82 Å². The summed E-state index contributed by atoms with van der Waals surface area (Å²) in [6, 6.07) is 0. The molecule has 0 amide bonds. The van der Waals surface area contributed by atoms with Crippen molar-refractivity contribution in [3.8, 4) is 0 Å². The van der Waals surface area contributed by atoms with E-state index in [4.69, 9.17) is 24.3 Å². The SMILES string of the molecule is CCCCC/C=C/CCCCCCCC(=O)OC[C@H](COP(=O)(O)OCCN)OC(=O)CCCCCCCCCCCCCCC. The molecule has 0 aromatic rings. The maximum Gasteiger partial charge on any atom is 0.472 e. The Labute approximate surface area is 281 Å². The van der Waals surface area contributed by atoms with Crippen LogP contribution in [0.2, 0.25) is 0 Å². The Morgan fingerprint density at radius 1 is 0.630 bits per heavy atom. The number of carbonyl (C=O) groups is 2. The van der Waals surface area contributed by atoms with Crippen LogP contribution < -0.4 is 5.73 Å². The fraction of sp³-hybridized carbons (Fsp3) is 0.889. The Balaban J connectivity index is 4.23. The van der Waals surface area contributed by atoms with Crippen LogP contribution in [0.25, 0.3) is 0 Å². The second kappa shape index (κ2) is 33.6. The second-order valence-electron chi connectivity index (χ2n) is 12.4. The Kier molecular flexibility index (Phi) is 32.7. The van der Waals surface area contributed by atoms with Crippen molar-refractivity contribution in [1.82, 2.24) is 0 Å². The minimum atomic E-state index is -4.36. The molecule has 9 nitrogen and oxygen atoms in total. The number of carbonyl (C=O) groups excluding carboxylic acids is 2. The molecule has 3 N–H and O–H groups in total. The fourth-order valence-electron chi connectivity index (χ4n) is 5.10. The molecule has 0 heterocycles. The predicted molar refractivity (Wildman–Crippen MR) is 188 cm³/mol. The Hall–Kier alpha value is -1.25. The van der Waals surface area contributed by atoms with Gasteiger partial charge >= 0.3 is 19.8 Å². The van der Waals surface area contributed by atoms with Gasteiger partial charge in [0, 0.05) is 19.4 Å². The molecule has 0 rings (SSSR count). The lowest BCUT2D eigenvalue weighted by atomic mass is 10.0. The van der Waals surface area contributed by atoms with Gasteiger partial charge in [0.1, 0.15) is 6.61 Å². The largest absolute Gasteiger partial charge is 0.472 e. The molecule has 0 aliphatic rings. The highest BCUT2D eigenvalue weighted by molar-refractivity contribution is 7.47. The van der Waals surface area contributed by atoms with Crippen LogP contribution in [-0.2, 0) is 32.7 Å². The van der Waals surface area contributed by atoms with E-state index >= 15 is 0 Å². The third kappa shape index (κ3) is 32.7. The Morgan fingerprint density at radius 2 is 1.07 bits per heavy atom. The molecule has 0 radical (unpaired) electrons. The summed E-state index contributed by atoms with van der Waals surface area (Å²) >= 11 is 0. The minimum absolute atomic E-state index is 0.0548. The second-order valence-corrected chi connectivity index (χ2v) is 13.9. The molecule has 0 aromatic carbocycles. The van der Waals surface area contributed by atoms with E-state index in [1.165, 1.54) is 89.9 Å². The van der Waals surface area contributed by atoms with E-state index in [2.05, 4.69) is 26.0 Å². The van der Waals surface area contributed by atoms with Crippen molar-refractivity contribution in [2.24, 2.45) is 5.73 Å². The number of phosphoric ester groups is 1. The normalized spacial score (nSPS) is 13.6. The van der Waals surface area contributed by atoms with Crippen LogP contribution in [0.1, 0.15) is 174 Å². The molecule has 0 saturated heterocycles. The highest BCUT2D eigenvalue weighted by Gasteiger charge is 2.25. The van der Waals surface area contributed by atoms with E-state index in [1.54, 1.807) is 0 Å². The van der Waals surface area contributed by atoms with Gasteiger partial charge < -0.3 is 20.1 Å². The summed E-state index contributed by atoms with van der Waals surface area (Å²) in [5.41, 5.74) is 5.32. The molecule has 0 fully saturated rings. The summed E-state index contributed by atoms with van der Waals surface area (Å²) in [6.07, 6.45) is 30.9. The zero-order valence-electron chi connectivity index (χ0n) is 29.6. The van der Waals surface area contributed by atoms with Crippen molar-refractivity contribution in [3.63, 3.8) is 0 Å². The molecule has 46 heavy (non-hydrogen) atoms. The molecule has 0 aromatic heterocycles. The van der Waals surface area contributed by atoms with Crippen molar-refractivity contribution >= 4 is 19.8 Å². The van der Waals surface area contributed by atoms with Gasteiger partial charge in [-0.3, -0.25) is 18.6 Å². The fourth-order valence-corrected chi connectivity index (χ4v) is 5.86. The highest BCUT2D eigenvalue weighted by atomic mass is 31.2. The zero-order chi connectivity index (χ0) is 34.0. The summed E-state index contributed by atoms with van der Waals surface area (Å²) < 4.78 is 32.6. The summed E-state index contributed by atoms with van der Waals surface area (Å²) in [4.78, 5) is 34.6. The number of allylic oxidation sites excluding steroid dienone is 2. The molecular weight excluding hydrogens is 605 g/mol. The lowest BCUT2D eigenvalue weighted by Gasteiger charge is -2.19. The maximum atomic E-state index is 12.5. The van der Waals surface area contributed by atoms with E-state index in [0.717, 1.165) is 51.4 Å². The summed E-state index contributed by atoms with van der Waals surface area (Å²) in [6.45, 7) is 3.69. The van der Waals surface area contributed by atoms with Crippen LogP contribution in [0.4, 0.5) is 0 Å². The van der Waals surface area contributed by atoms with Crippen LogP contribution in [0.5, 0.6) is 0 Å². The summed E-state index contributed by atoms with van der Waals surface area (Å²) in [5.74, 6) is -0.835. The van der Waals surface area contributed by atoms with Gasteiger partial charge in [-0.1, -0.05) is 135 Å². The molecule has 2 atom stereocenters. The van der Waals surface area contributed by atoms with E-state index < -0.39 is 26.5 Å². The lowest BCUT2D eigenvalue weighted by Crippen LogP contribution is -2.29. The summed E-state index contributed by atoms with van der Waals surface area (Å²) in [7, 11) is -4.36. The Morgan fingerprint density at radius 3 is 1.59 bits per heavy atom. The number of nitrogens with two attached hydrogens (primary N) is 1. The number of rotatable bonds is 35. The van der Waals surface area contributed by atoms with E-state index in [9.17, 15) is 19.0 Å². The maximum absolute atomic E-state index is 12.5. The van der Waals surface area contributed by atoms with Gasteiger partial charge in [-0.25, -0.2) is 4.57 Å². The van der Waals surface area contributed by atoms with Crippen LogP contribution in [-0.4, -0.2) is 49.3 Å². The third-order valence-electron chi connectivity index (χ3n) is 7.90. The number of hydrogen-bond donors (Lipinski definition) is 2. The first kappa shape index (κ1) is 44.8. The van der Waals surface area contributed by atoms with Gasteiger partial charge in [0.15, 0.2) is 6.10 Å². The van der Waals surface area contributed by atoms with Crippen molar-refractivity contribution in [1.29, 1.82) is 0 Å². The molecule has 0 saturated carbocycles. The Bertz CT molecular complexity index is 779. The van der Waals surface area contributed by atoms with Crippen LogP contribution in [0.3, 0.4) is 0 Å². The quantitative estimate of drug-likeness (QED) is 0.0291. The van der Waals surface area contributed by atoms with Gasteiger partial charge in [0.25, 0.3) is 0 Å². The molecule has 0 spiro atoms. The number of hydrogen-bond acceptors (Lipinski definition) is 8. The molecule has 1 unspecified atom stereocenters. The van der Waals surface area contributed by atoms with Gasteiger partial charge in [0.2, 0.25) is 0 Å². The number of ether oxygens (including phenoxy) is 2. The van der Waals surface area contributed by atoms with Gasteiger partial charge in [-0.05, 0) is 38.5 Å². The van der Waals surface area contributed by atoms with E-state index in [0.29, 0.717) is 6.42 Å². The zero-order valence-corrected chi connectivity index (χ0v) is 30.5. The summed E-state index contributed by atoms with van der Waals surface area (Å²) in [5, 5.41) is 0. The van der Waals surface area contributed by atoms with Crippen LogP contribution in [0.15, 0.2) is 12.2 Å². The number of unbranched alkanes of at least 4 members (excludes halogenated alkanes) is 20. The van der Waals surface area contributed by atoms with Crippen molar-refractivity contribution in [3.05, 3.63) is 12.2 Å². The first-order chi connectivity index (χ1) is 22.3. The highest BCUT2D eigenvalue weighted by Crippen LogP contribution is 2.43. The average Bonchev–Trinajstić information content (AvgIpc) is 3.04.